The van der Waals surface area contributed by atoms with Gasteiger partial charge < -0.3 is 4.98 Å². The Hall–Kier alpha value is -2.68. The van der Waals surface area contributed by atoms with E-state index in [1.165, 1.54) is 5.56 Å². The molecule has 1 aromatic heterocycles. The van der Waals surface area contributed by atoms with Gasteiger partial charge in [0.25, 0.3) is 0 Å². The summed E-state index contributed by atoms with van der Waals surface area (Å²) in [5, 5.41) is 0. The molecule has 1 heterocycles. The standard InChI is InChI=1S/C18H16N2O/c1-2-13-6-5-7-14(12-13)10-11-17(21)18-19-15-8-3-4-9-16(15)20-18/h3-12H,2H2,1H3,(H,19,20). The predicted octanol–water partition coefficient (Wildman–Crippen LogP) is 4.02. The maximum Gasteiger partial charge on any atom is 0.221 e. The van der Waals surface area contributed by atoms with Gasteiger partial charge >= 0.3 is 0 Å². The van der Waals surface area contributed by atoms with Crippen LogP contribution >= 0.6 is 0 Å². The normalized spacial score (nSPS) is 11.3. The van der Waals surface area contributed by atoms with Crippen LogP contribution in [0, 0.1) is 0 Å². The number of ketones is 1. The van der Waals surface area contributed by atoms with Crippen LogP contribution < -0.4 is 0 Å². The van der Waals surface area contributed by atoms with Gasteiger partial charge in [0.15, 0.2) is 5.82 Å². The van der Waals surface area contributed by atoms with Crippen molar-refractivity contribution in [1.29, 1.82) is 0 Å². The second-order valence-electron chi connectivity index (χ2n) is 4.90. The molecular weight excluding hydrogens is 260 g/mol. The molecule has 0 radical (unpaired) electrons. The van der Waals surface area contributed by atoms with E-state index < -0.39 is 0 Å². The van der Waals surface area contributed by atoms with Gasteiger partial charge in [-0.25, -0.2) is 4.98 Å². The molecule has 104 valence electrons. The number of carbonyl (C=O) groups excluding carboxylic acids is 1. The number of fused-ring (bicyclic) bond motifs is 1. The highest BCUT2D eigenvalue weighted by atomic mass is 16.1. The number of imidazole rings is 1. The number of hydrogen-bond acceptors (Lipinski definition) is 2. The average molecular weight is 276 g/mol. The number of hydrogen-bond donors (Lipinski definition) is 1. The van der Waals surface area contributed by atoms with Gasteiger partial charge in [-0.3, -0.25) is 4.79 Å². The van der Waals surface area contributed by atoms with Crippen molar-refractivity contribution in [2.45, 2.75) is 13.3 Å². The number of allylic oxidation sites excluding steroid dienone is 1. The van der Waals surface area contributed by atoms with Gasteiger partial charge in [0.2, 0.25) is 5.78 Å². The summed E-state index contributed by atoms with van der Waals surface area (Å²) in [6.45, 7) is 2.11. The van der Waals surface area contributed by atoms with Crippen molar-refractivity contribution in [2.75, 3.05) is 0 Å². The monoisotopic (exact) mass is 276 g/mol. The summed E-state index contributed by atoms with van der Waals surface area (Å²) in [4.78, 5) is 19.5. The highest BCUT2D eigenvalue weighted by molar-refractivity contribution is 6.05. The van der Waals surface area contributed by atoms with Crippen LogP contribution in [-0.4, -0.2) is 15.8 Å². The number of aromatic amines is 1. The lowest BCUT2D eigenvalue weighted by Crippen LogP contribution is -1.96. The molecule has 0 amide bonds. The largest absolute Gasteiger partial charge is 0.335 e. The minimum absolute atomic E-state index is 0.117. The van der Waals surface area contributed by atoms with Crippen molar-refractivity contribution in [3.63, 3.8) is 0 Å². The fourth-order valence-electron chi connectivity index (χ4n) is 2.24. The number of benzene rings is 2. The molecule has 3 rings (SSSR count). The van der Waals surface area contributed by atoms with Crippen LogP contribution in [0.3, 0.4) is 0 Å². The minimum Gasteiger partial charge on any atom is -0.335 e. The summed E-state index contributed by atoms with van der Waals surface area (Å²) in [7, 11) is 0. The molecule has 0 fully saturated rings. The van der Waals surface area contributed by atoms with Gasteiger partial charge in [-0.1, -0.05) is 49.4 Å². The Morgan fingerprint density at radius 3 is 2.86 bits per heavy atom. The van der Waals surface area contributed by atoms with E-state index in [0.717, 1.165) is 23.0 Å². The van der Waals surface area contributed by atoms with Gasteiger partial charge in [-0.05, 0) is 35.8 Å². The van der Waals surface area contributed by atoms with Crippen LogP contribution in [0.5, 0.6) is 0 Å². The van der Waals surface area contributed by atoms with E-state index in [2.05, 4.69) is 29.0 Å². The minimum atomic E-state index is -0.117. The molecule has 0 saturated carbocycles. The molecule has 0 bridgehead atoms. The molecule has 0 saturated heterocycles. The number of carbonyl (C=O) groups is 1. The lowest BCUT2D eigenvalue weighted by atomic mass is 10.1. The second kappa shape index (κ2) is 5.75. The predicted molar refractivity (Wildman–Crippen MR) is 85.3 cm³/mol. The third-order valence-corrected chi connectivity index (χ3v) is 3.41. The Morgan fingerprint density at radius 1 is 1.19 bits per heavy atom. The third kappa shape index (κ3) is 2.92. The summed E-state index contributed by atoms with van der Waals surface area (Å²) in [6.07, 6.45) is 4.38. The summed E-state index contributed by atoms with van der Waals surface area (Å²) in [5.41, 5.74) is 3.97. The molecule has 0 spiro atoms. The fourth-order valence-corrected chi connectivity index (χ4v) is 2.24. The van der Waals surface area contributed by atoms with E-state index in [4.69, 9.17) is 0 Å². The molecular formula is C18H16N2O. The quantitative estimate of drug-likeness (QED) is 0.578. The Morgan fingerprint density at radius 2 is 2.05 bits per heavy atom. The van der Waals surface area contributed by atoms with Crippen molar-refractivity contribution in [1.82, 2.24) is 9.97 Å². The van der Waals surface area contributed by atoms with Crippen LogP contribution in [0.25, 0.3) is 17.1 Å². The number of para-hydroxylation sites is 2. The summed E-state index contributed by atoms with van der Waals surface area (Å²) < 4.78 is 0. The summed E-state index contributed by atoms with van der Waals surface area (Å²) >= 11 is 0. The van der Waals surface area contributed by atoms with E-state index in [-0.39, 0.29) is 5.78 Å². The van der Waals surface area contributed by atoms with Gasteiger partial charge in [-0.15, -0.1) is 0 Å². The first-order valence-corrected chi connectivity index (χ1v) is 7.02. The first-order chi connectivity index (χ1) is 10.3. The zero-order valence-corrected chi connectivity index (χ0v) is 11.8. The molecule has 0 unspecified atom stereocenters. The molecule has 0 atom stereocenters. The number of nitrogens with one attached hydrogen (secondary N) is 1. The van der Waals surface area contributed by atoms with E-state index in [9.17, 15) is 4.79 Å². The Balaban J connectivity index is 1.83. The number of rotatable bonds is 4. The maximum absolute atomic E-state index is 12.2. The van der Waals surface area contributed by atoms with Gasteiger partial charge in [0.1, 0.15) is 0 Å². The molecule has 1 N–H and O–H groups in total. The molecule has 3 nitrogen and oxygen atoms in total. The molecule has 0 aliphatic heterocycles. The van der Waals surface area contributed by atoms with Crippen LogP contribution in [0.15, 0.2) is 54.6 Å². The van der Waals surface area contributed by atoms with Crippen LogP contribution in [0.2, 0.25) is 0 Å². The zero-order valence-electron chi connectivity index (χ0n) is 11.8. The molecule has 21 heavy (non-hydrogen) atoms. The smallest absolute Gasteiger partial charge is 0.221 e. The number of H-pyrrole nitrogens is 1. The number of aromatic nitrogens is 2. The van der Waals surface area contributed by atoms with Crippen molar-refractivity contribution < 1.29 is 4.79 Å². The first-order valence-electron chi connectivity index (χ1n) is 7.02. The molecule has 0 aliphatic rings. The van der Waals surface area contributed by atoms with Crippen molar-refractivity contribution in [3.8, 4) is 0 Å². The van der Waals surface area contributed by atoms with Crippen LogP contribution in [0.1, 0.15) is 28.7 Å². The molecule has 3 heteroatoms. The summed E-state index contributed by atoms with van der Waals surface area (Å²) in [6, 6.07) is 15.8. The first kappa shape index (κ1) is 13.3. The van der Waals surface area contributed by atoms with Crippen LogP contribution in [0.4, 0.5) is 0 Å². The van der Waals surface area contributed by atoms with E-state index in [1.807, 2.05) is 42.5 Å². The lowest BCUT2D eigenvalue weighted by Gasteiger charge is -1.97. The highest BCUT2D eigenvalue weighted by Crippen LogP contribution is 2.12. The lowest BCUT2D eigenvalue weighted by molar-refractivity contribution is 0.103. The van der Waals surface area contributed by atoms with Crippen molar-refractivity contribution in [2.24, 2.45) is 0 Å². The maximum atomic E-state index is 12.2. The highest BCUT2D eigenvalue weighted by Gasteiger charge is 2.07. The summed E-state index contributed by atoms with van der Waals surface area (Å²) in [5.74, 6) is 0.257. The SMILES string of the molecule is CCc1cccc(C=CC(=O)c2nc3ccccc3[nH]2)c1. The van der Waals surface area contributed by atoms with E-state index >= 15 is 0 Å². The number of nitrogens with zero attached hydrogens (tertiary/aromatic N) is 1. The fraction of sp³-hybridized carbons (Fsp3) is 0.111. The Labute approximate surface area is 123 Å². The zero-order chi connectivity index (χ0) is 14.7. The molecule has 2 aromatic carbocycles. The van der Waals surface area contributed by atoms with E-state index in [0.29, 0.717) is 5.82 Å². The van der Waals surface area contributed by atoms with Gasteiger partial charge in [-0.2, -0.15) is 0 Å². The molecule has 0 aliphatic carbocycles. The van der Waals surface area contributed by atoms with Gasteiger partial charge in [0, 0.05) is 0 Å². The van der Waals surface area contributed by atoms with Crippen LogP contribution in [-0.2, 0) is 6.42 Å². The second-order valence-corrected chi connectivity index (χ2v) is 4.90. The Kier molecular flexibility index (Phi) is 3.65. The topological polar surface area (TPSA) is 45.8 Å². The van der Waals surface area contributed by atoms with Crippen molar-refractivity contribution >= 4 is 22.9 Å². The number of aryl methyl sites for hydroxylation is 1. The van der Waals surface area contributed by atoms with Crippen molar-refractivity contribution in [3.05, 3.63) is 71.6 Å². The Bertz CT molecular complexity index is 782. The third-order valence-electron chi connectivity index (χ3n) is 3.41. The molecule has 3 aromatic rings. The average Bonchev–Trinajstić information content (AvgIpc) is 2.97. The van der Waals surface area contributed by atoms with Gasteiger partial charge in [0.05, 0.1) is 11.0 Å². The van der Waals surface area contributed by atoms with E-state index in [1.54, 1.807) is 6.08 Å².